The third kappa shape index (κ3) is 4.47. The minimum atomic E-state index is -4.37. The normalized spacial score (nSPS) is 12.0. The lowest BCUT2D eigenvalue weighted by molar-refractivity contribution is -0.137. The Kier molecular flexibility index (Phi) is 5.30. The predicted octanol–water partition coefficient (Wildman–Crippen LogP) is 5.06. The van der Waals surface area contributed by atoms with Crippen molar-refractivity contribution < 1.29 is 22.4 Å². The SMILES string of the molecule is CC(C)N(C)c1nc2ccc(-c3noc(OCc4ccc(C(F)(F)F)cc4)n3)cc2[nH]1. The van der Waals surface area contributed by atoms with E-state index < -0.39 is 11.7 Å². The van der Waals surface area contributed by atoms with E-state index in [2.05, 4.69) is 34.0 Å². The fourth-order valence-corrected chi connectivity index (χ4v) is 2.87. The van der Waals surface area contributed by atoms with Crippen LogP contribution in [0.5, 0.6) is 6.08 Å². The number of nitrogens with zero attached hydrogens (tertiary/aromatic N) is 4. The number of halogens is 3. The van der Waals surface area contributed by atoms with Crippen molar-refractivity contribution in [3.63, 3.8) is 0 Å². The number of aromatic amines is 1. The molecule has 0 aliphatic rings. The fraction of sp³-hybridized carbons (Fsp3) is 0.286. The molecule has 2 heterocycles. The number of ether oxygens (including phenoxy) is 1. The van der Waals surface area contributed by atoms with E-state index in [0.717, 1.165) is 29.1 Å². The van der Waals surface area contributed by atoms with Crippen molar-refractivity contribution in [3.8, 4) is 17.5 Å². The van der Waals surface area contributed by atoms with Gasteiger partial charge in [-0.05, 0) is 49.7 Å². The summed E-state index contributed by atoms with van der Waals surface area (Å²) >= 11 is 0. The monoisotopic (exact) mass is 431 g/mol. The van der Waals surface area contributed by atoms with Crippen molar-refractivity contribution in [2.45, 2.75) is 32.7 Å². The first-order valence-electron chi connectivity index (χ1n) is 9.56. The number of rotatable bonds is 6. The first-order valence-corrected chi connectivity index (χ1v) is 9.56. The highest BCUT2D eigenvalue weighted by molar-refractivity contribution is 5.82. The summed E-state index contributed by atoms with van der Waals surface area (Å²) in [5.41, 5.74) is 2.19. The maximum absolute atomic E-state index is 12.6. The van der Waals surface area contributed by atoms with E-state index in [9.17, 15) is 13.2 Å². The summed E-state index contributed by atoms with van der Waals surface area (Å²) in [7, 11) is 1.96. The highest BCUT2D eigenvalue weighted by atomic mass is 19.4. The molecule has 2 aromatic carbocycles. The van der Waals surface area contributed by atoms with Gasteiger partial charge >= 0.3 is 12.3 Å². The molecule has 10 heteroatoms. The molecule has 0 atom stereocenters. The minimum absolute atomic E-state index is 0.00422. The summed E-state index contributed by atoms with van der Waals surface area (Å²) in [4.78, 5) is 14.1. The van der Waals surface area contributed by atoms with Crippen LogP contribution in [0.25, 0.3) is 22.4 Å². The van der Waals surface area contributed by atoms with Crippen LogP contribution in [0, 0.1) is 0 Å². The lowest BCUT2D eigenvalue weighted by Gasteiger charge is -2.19. The molecule has 0 bridgehead atoms. The molecule has 0 spiro atoms. The third-order valence-corrected chi connectivity index (χ3v) is 4.89. The number of H-pyrrole nitrogens is 1. The van der Waals surface area contributed by atoms with E-state index in [0.29, 0.717) is 23.0 Å². The van der Waals surface area contributed by atoms with E-state index >= 15 is 0 Å². The number of hydrogen-bond donors (Lipinski definition) is 1. The van der Waals surface area contributed by atoms with Gasteiger partial charge < -0.3 is 14.6 Å². The zero-order valence-corrected chi connectivity index (χ0v) is 17.1. The Morgan fingerprint density at radius 1 is 1.10 bits per heavy atom. The number of hydrogen-bond acceptors (Lipinski definition) is 6. The van der Waals surface area contributed by atoms with Crippen LogP contribution >= 0.6 is 0 Å². The van der Waals surface area contributed by atoms with E-state index in [4.69, 9.17) is 9.26 Å². The summed E-state index contributed by atoms with van der Waals surface area (Å²) < 4.78 is 48.4. The van der Waals surface area contributed by atoms with Gasteiger partial charge in [0.1, 0.15) is 6.61 Å². The van der Waals surface area contributed by atoms with E-state index in [1.54, 1.807) is 0 Å². The average Bonchev–Trinajstić information content (AvgIpc) is 3.37. The van der Waals surface area contributed by atoms with Crippen molar-refractivity contribution in [3.05, 3.63) is 53.6 Å². The van der Waals surface area contributed by atoms with Crippen LogP contribution in [0.15, 0.2) is 47.0 Å². The van der Waals surface area contributed by atoms with Gasteiger partial charge in [0.2, 0.25) is 11.8 Å². The Labute approximate surface area is 175 Å². The van der Waals surface area contributed by atoms with Crippen LogP contribution in [0.3, 0.4) is 0 Å². The lowest BCUT2D eigenvalue weighted by Crippen LogP contribution is -2.26. The Morgan fingerprint density at radius 2 is 1.84 bits per heavy atom. The zero-order chi connectivity index (χ0) is 22.2. The van der Waals surface area contributed by atoms with Crippen LogP contribution in [0.4, 0.5) is 19.1 Å². The maximum atomic E-state index is 12.6. The van der Waals surface area contributed by atoms with Gasteiger partial charge in [0, 0.05) is 18.7 Å². The Balaban J connectivity index is 1.46. The Bertz CT molecular complexity index is 1180. The van der Waals surface area contributed by atoms with Crippen molar-refractivity contribution in [2.75, 3.05) is 11.9 Å². The quantitative estimate of drug-likeness (QED) is 0.460. The molecule has 1 N–H and O–H groups in total. The number of anilines is 1. The van der Waals surface area contributed by atoms with Gasteiger partial charge in [-0.15, -0.1) is 0 Å². The number of alkyl halides is 3. The molecule has 4 aromatic rings. The molecule has 7 nitrogen and oxygen atoms in total. The van der Waals surface area contributed by atoms with Crippen molar-refractivity contribution in [1.29, 1.82) is 0 Å². The molecule has 31 heavy (non-hydrogen) atoms. The van der Waals surface area contributed by atoms with Gasteiger partial charge in [-0.3, -0.25) is 4.52 Å². The largest absolute Gasteiger partial charge is 0.444 e. The molecule has 2 aromatic heterocycles. The molecule has 0 aliphatic carbocycles. The second kappa shape index (κ2) is 7.93. The van der Waals surface area contributed by atoms with Crippen LogP contribution in [0.1, 0.15) is 25.0 Å². The highest BCUT2D eigenvalue weighted by Gasteiger charge is 2.29. The van der Waals surface area contributed by atoms with Crippen molar-refractivity contribution in [2.24, 2.45) is 0 Å². The predicted molar refractivity (Wildman–Crippen MR) is 109 cm³/mol. The van der Waals surface area contributed by atoms with Gasteiger partial charge in [-0.25, -0.2) is 4.98 Å². The smallest absolute Gasteiger partial charge is 0.417 e. The van der Waals surface area contributed by atoms with Crippen LogP contribution < -0.4 is 9.64 Å². The molecule has 0 aliphatic heterocycles. The number of imidazole rings is 1. The van der Waals surface area contributed by atoms with Gasteiger partial charge in [-0.1, -0.05) is 17.3 Å². The molecule has 4 rings (SSSR count). The third-order valence-electron chi connectivity index (χ3n) is 4.89. The van der Waals surface area contributed by atoms with Gasteiger partial charge in [-0.2, -0.15) is 18.2 Å². The molecular formula is C21H20F3N5O2. The minimum Gasteiger partial charge on any atom is -0.444 e. The van der Waals surface area contributed by atoms with Crippen LogP contribution in [-0.2, 0) is 12.8 Å². The first kappa shape index (κ1) is 20.7. The van der Waals surface area contributed by atoms with Crippen molar-refractivity contribution in [1.82, 2.24) is 20.1 Å². The molecule has 0 unspecified atom stereocenters. The van der Waals surface area contributed by atoms with Crippen molar-refractivity contribution >= 4 is 17.0 Å². The fourth-order valence-electron chi connectivity index (χ4n) is 2.87. The molecule has 162 valence electrons. The highest BCUT2D eigenvalue weighted by Crippen LogP contribution is 2.29. The lowest BCUT2D eigenvalue weighted by atomic mass is 10.1. The Morgan fingerprint density at radius 3 is 2.52 bits per heavy atom. The maximum Gasteiger partial charge on any atom is 0.417 e. The molecule has 0 saturated carbocycles. The number of nitrogens with one attached hydrogen (secondary N) is 1. The van der Waals surface area contributed by atoms with Crippen LogP contribution in [0.2, 0.25) is 0 Å². The van der Waals surface area contributed by atoms with E-state index in [1.807, 2.05) is 30.1 Å². The van der Waals surface area contributed by atoms with Gasteiger partial charge in [0.05, 0.1) is 16.6 Å². The second-order valence-electron chi connectivity index (χ2n) is 7.36. The summed E-state index contributed by atoms with van der Waals surface area (Å²) in [6, 6.07) is 10.5. The standard InChI is InChI=1S/C21H20F3N5O2/c1-12(2)29(3)19-25-16-9-6-14(10-17(16)26-19)18-27-20(31-28-18)30-11-13-4-7-15(8-5-13)21(22,23)24/h4-10,12H,11H2,1-3H3,(H,25,26). The van der Waals surface area contributed by atoms with E-state index in [1.165, 1.54) is 12.1 Å². The molecule has 0 radical (unpaired) electrons. The van der Waals surface area contributed by atoms with Gasteiger partial charge in [0.25, 0.3) is 0 Å². The van der Waals surface area contributed by atoms with Gasteiger partial charge in [0.15, 0.2) is 0 Å². The molecular weight excluding hydrogens is 411 g/mol. The summed E-state index contributed by atoms with van der Waals surface area (Å²) in [5, 5.41) is 3.92. The summed E-state index contributed by atoms with van der Waals surface area (Å²) in [6.07, 6.45) is -4.44. The molecule has 0 fully saturated rings. The molecule has 0 amide bonds. The molecule has 0 saturated heterocycles. The summed E-state index contributed by atoms with van der Waals surface area (Å²) in [5.74, 6) is 1.09. The van der Waals surface area contributed by atoms with Crippen LogP contribution in [-0.4, -0.2) is 33.2 Å². The van der Waals surface area contributed by atoms with E-state index in [-0.39, 0.29) is 12.7 Å². The zero-order valence-electron chi connectivity index (χ0n) is 17.1. The number of aromatic nitrogens is 4. The second-order valence-corrected chi connectivity index (χ2v) is 7.36. The topological polar surface area (TPSA) is 80.1 Å². The number of fused-ring (bicyclic) bond motifs is 1. The average molecular weight is 431 g/mol. The summed E-state index contributed by atoms with van der Waals surface area (Å²) in [6.45, 7) is 4.15. The number of benzene rings is 2. The Hall–Kier alpha value is -3.56. The first-order chi connectivity index (χ1) is 14.7.